The smallest absolute Gasteiger partial charge is 0.404 e. The molecule has 4 heterocycles. The fourth-order valence-corrected chi connectivity index (χ4v) is 12.1. The molecule has 6 aromatic rings. The van der Waals surface area contributed by atoms with Gasteiger partial charge in [0.15, 0.2) is 0 Å². The van der Waals surface area contributed by atoms with Gasteiger partial charge >= 0.3 is 6.09 Å². The summed E-state index contributed by atoms with van der Waals surface area (Å²) in [7, 11) is -5.76. The number of carboxylic acid groups (broad SMARTS) is 1. The summed E-state index contributed by atoms with van der Waals surface area (Å²) in [5, 5.41) is 33.7. The highest BCUT2D eigenvalue weighted by Gasteiger charge is 2.31. The Hall–Kier alpha value is -5.46. The Morgan fingerprint density at radius 1 is 0.724 bits per heavy atom. The minimum absolute atomic E-state index is 0. The number of halogens is 1. The largest absolute Gasteiger partial charge is 0.465 e. The second-order valence-corrected chi connectivity index (χ2v) is 20.1. The predicted molar refractivity (Wildman–Crippen MR) is 226 cm³/mol. The lowest BCUT2D eigenvalue weighted by Gasteiger charge is -2.30. The van der Waals surface area contributed by atoms with Crippen LogP contribution in [0.5, 0.6) is 0 Å². The van der Waals surface area contributed by atoms with E-state index in [-0.39, 0.29) is 42.0 Å². The van der Waals surface area contributed by atoms with Gasteiger partial charge in [0.1, 0.15) is 31.9 Å². The van der Waals surface area contributed by atoms with Gasteiger partial charge < -0.3 is 15.7 Å². The van der Waals surface area contributed by atoms with Crippen LogP contribution in [-0.4, -0.2) is 51.1 Å². The predicted octanol–water partition coefficient (Wildman–Crippen LogP) is 8.40. The van der Waals surface area contributed by atoms with Crippen molar-refractivity contribution in [3.8, 4) is 34.4 Å². The molecule has 17 heteroatoms. The van der Waals surface area contributed by atoms with Crippen LogP contribution in [0.25, 0.3) is 22.3 Å². The van der Waals surface area contributed by atoms with Gasteiger partial charge in [0, 0.05) is 63.4 Å². The van der Waals surface area contributed by atoms with E-state index in [0.29, 0.717) is 40.1 Å². The van der Waals surface area contributed by atoms with E-state index >= 15 is 0 Å². The van der Waals surface area contributed by atoms with Gasteiger partial charge in [-0.15, -0.1) is 35.1 Å². The zero-order chi connectivity index (χ0) is 41.4. The molecule has 6 rings (SSSR count). The second kappa shape index (κ2) is 19.3. The van der Waals surface area contributed by atoms with E-state index in [9.17, 15) is 37.3 Å². The van der Waals surface area contributed by atoms with Crippen molar-refractivity contribution in [3.05, 3.63) is 131 Å². The third-order valence-electron chi connectivity index (χ3n) is 8.60. The molecule has 1 amide bonds. The molecule has 0 aliphatic carbocycles. The SMILES string of the molecule is CC(C)(C)C(Cc1cc(-c2cccnc2C#N)c(S(=O)(=O)c2ccccc2)s1)NC(=O)O.CNCc1cc(-c2cccnc2C#N)c(S(=O)(=O)c2ccccc2)s1.Cl. The Balaban J connectivity index is 0.000000259. The van der Waals surface area contributed by atoms with Gasteiger partial charge in [0.2, 0.25) is 19.7 Å². The summed E-state index contributed by atoms with van der Waals surface area (Å²) in [5.41, 5.74) is 1.79. The van der Waals surface area contributed by atoms with Crippen molar-refractivity contribution in [1.82, 2.24) is 20.6 Å². The van der Waals surface area contributed by atoms with Crippen LogP contribution in [0, 0.1) is 28.1 Å². The molecule has 1 unspecified atom stereocenters. The number of nitrogens with one attached hydrogen (secondary N) is 2. The maximum Gasteiger partial charge on any atom is 0.404 e. The molecule has 0 aliphatic heterocycles. The molecule has 300 valence electrons. The minimum atomic E-state index is -3.87. The molecule has 0 bridgehead atoms. The topological polar surface area (TPSA) is 203 Å². The summed E-state index contributed by atoms with van der Waals surface area (Å²) in [4.78, 5) is 21.4. The lowest BCUT2D eigenvalue weighted by Crippen LogP contribution is -2.44. The van der Waals surface area contributed by atoms with Crippen molar-refractivity contribution in [1.29, 1.82) is 10.5 Å². The zero-order valence-electron chi connectivity index (χ0n) is 31.7. The molecule has 1 atom stereocenters. The minimum Gasteiger partial charge on any atom is -0.465 e. The highest BCUT2D eigenvalue weighted by Crippen LogP contribution is 2.41. The molecular weight excluding hydrogens is 836 g/mol. The molecule has 0 aliphatic rings. The summed E-state index contributed by atoms with van der Waals surface area (Å²) >= 11 is 2.30. The fraction of sp³-hybridized carbons (Fsp3) is 0.195. The van der Waals surface area contributed by atoms with Crippen LogP contribution in [0.15, 0.2) is 128 Å². The van der Waals surface area contributed by atoms with Gasteiger partial charge in [-0.2, -0.15) is 10.5 Å². The lowest BCUT2D eigenvalue weighted by molar-refractivity contribution is 0.174. The number of rotatable bonds is 11. The summed E-state index contributed by atoms with van der Waals surface area (Å²) in [6.07, 6.45) is 2.17. The quantitative estimate of drug-likeness (QED) is 0.113. The van der Waals surface area contributed by atoms with Crippen LogP contribution in [-0.2, 0) is 32.6 Å². The van der Waals surface area contributed by atoms with E-state index in [1.54, 1.807) is 85.9 Å². The molecule has 0 spiro atoms. The van der Waals surface area contributed by atoms with E-state index in [0.717, 1.165) is 16.2 Å². The van der Waals surface area contributed by atoms with E-state index in [1.807, 2.05) is 39.0 Å². The Morgan fingerprint density at radius 3 is 1.55 bits per heavy atom. The van der Waals surface area contributed by atoms with Crippen LogP contribution in [0.4, 0.5) is 4.79 Å². The molecule has 12 nitrogen and oxygen atoms in total. The number of amides is 1. The van der Waals surface area contributed by atoms with E-state index in [4.69, 9.17) is 0 Å². The monoisotopic (exact) mass is 874 g/mol. The maximum absolute atomic E-state index is 13.5. The van der Waals surface area contributed by atoms with Crippen LogP contribution in [0.2, 0.25) is 0 Å². The van der Waals surface area contributed by atoms with Crippen molar-refractivity contribution in [2.75, 3.05) is 7.05 Å². The van der Waals surface area contributed by atoms with Crippen LogP contribution < -0.4 is 10.6 Å². The molecule has 0 fully saturated rings. The number of nitrogens with zero attached hydrogens (tertiary/aromatic N) is 4. The van der Waals surface area contributed by atoms with Crippen molar-refractivity contribution >= 4 is 60.8 Å². The Morgan fingerprint density at radius 2 is 1.16 bits per heavy atom. The molecule has 2 aromatic carbocycles. The number of benzene rings is 2. The number of carbonyl (C=O) groups is 1. The molecule has 0 saturated carbocycles. The summed E-state index contributed by atoms with van der Waals surface area (Å²) in [5.74, 6) is 0. The number of pyridine rings is 2. The van der Waals surface area contributed by atoms with Crippen LogP contribution in [0.1, 0.15) is 41.9 Å². The van der Waals surface area contributed by atoms with Gasteiger partial charge in [-0.25, -0.2) is 31.6 Å². The first kappa shape index (κ1) is 45.2. The molecular formula is C41H39ClN6O6S4. The van der Waals surface area contributed by atoms with Crippen LogP contribution >= 0.6 is 35.1 Å². The first-order chi connectivity index (χ1) is 27.1. The zero-order valence-corrected chi connectivity index (χ0v) is 35.8. The normalized spacial score (nSPS) is 11.8. The number of hydrogen-bond donors (Lipinski definition) is 3. The fourth-order valence-electron chi connectivity index (χ4n) is 5.74. The average Bonchev–Trinajstić information content (AvgIpc) is 3.84. The first-order valence-corrected chi connectivity index (χ1v) is 21.9. The molecule has 0 radical (unpaired) electrons. The highest BCUT2D eigenvalue weighted by molar-refractivity contribution is 7.94. The molecule has 4 aromatic heterocycles. The first-order valence-electron chi connectivity index (χ1n) is 17.3. The van der Waals surface area contributed by atoms with Crippen molar-refractivity contribution in [3.63, 3.8) is 0 Å². The lowest BCUT2D eigenvalue weighted by atomic mass is 9.84. The number of hydrogen-bond acceptors (Lipinski definition) is 12. The Bertz CT molecular complexity index is 2680. The van der Waals surface area contributed by atoms with E-state index in [2.05, 4.69) is 20.6 Å². The standard InChI is InChI=1S/C23H23N3O4S2.C18H15N3O2S2.ClH/c1-23(2,3)20(26-22(27)28)13-15-12-18(17-10-7-11-25-19(17)14-24)21(31-15)32(29,30)16-8-5-4-6-9-16;1-20-12-13-10-16(15-8-5-9-21-17(15)11-19)18(24-13)25(22,23)14-6-3-2-4-7-14;/h4-12,20,26H,13H2,1-3H3,(H,27,28);2-10,20H,12H2,1H3;1H. The highest BCUT2D eigenvalue weighted by atomic mass is 35.5. The van der Waals surface area contributed by atoms with Crippen molar-refractivity contribution < 1.29 is 26.7 Å². The third-order valence-corrected chi connectivity index (χ3v) is 15.5. The third kappa shape index (κ3) is 10.3. The summed E-state index contributed by atoms with van der Waals surface area (Å²) < 4.78 is 53.6. The summed E-state index contributed by atoms with van der Waals surface area (Å²) in [6.45, 7) is 6.29. The number of nitriles is 2. The second-order valence-electron chi connectivity index (χ2n) is 13.6. The maximum atomic E-state index is 13.5. The molecule has 3 N–H and O–H groups in total. The van der Waals surface area contributed by atoms with Gasteiger partial charge in [-0.1, -0.05) is 57.2 Å². The number of thiophene rings is 2. The van der Waals surface area contributed by atoms with Crippen LogP contribution in [0.3, 0.4) is 0 Å². The number of aromatic nitrogens is 2. The van der Waals surface area contributed by atoms with Gasteiger partial charge in [0.05, 0.1) is 9.79 Å². The van der Waals surface area contributed by atoms with E-state index in [1.165, 1.54) is 35.9 Å². The van der Waals surface area contributed by atoms with Gasteiger partial charge in [0.25, 0.3) is 0 Å². The molecule has 0 saturated heterocycles. The van der Waals surface area contributed by atoms with Crippen molar-refractivity contribution in [2.24, 2.45) is 5.41 Å². The van der Waals surface area contributed by atoms with E-state index < -0.39 is 37.2 Å². The van der Waals surface area contributed by atoms with Gasteiger partial charge in [-0.3, -0.25) is 0 Å². The Labute approximate surface area is 352 Å². The van der Waals surface area contributed by atoms with Gasteiger partial charge in [-0.05, 0) is 73.1 Å². The summed E-state index contributed by atoms with van der Waals surface area (Å²) in [6, 6.07) is 30.3. The van der Waals surface area contributed by atoms with Crippen molar-refractivity contribution in [2.45, 2.75) is 58.0 Å². The molecule has 58 heavy (non-hydrogen) atoms. The average molecular weight is 876 g/mol. The number of sulfone groups is 2. The Kier molecular flexibility index (Phi) is 15.1.